The maximum absolute atomic E-state index is 11.7. The van der Waals surface area contributed by atoms with Crippen molar-refractivity contribution in [2.45, 2.75) is 39.7 Å². The number of carboxylic acids is 1. The second-order valence-corrected chi connectivity index (χ2v) is 4.77. The van der Waals surface area contributed by atoms with Crippen molar-refractivity contribution in [3.63, 3.8) is 0 Å². The number of carbonyl (C=O) groups excluding carboxylic acids is 1. The van der Waals surface area contributed by atoms with Gasteiger partial charge in [0.05, 0.1) is 11.0 Å². The Hall–Kier alpha value is -2.17. The van der Waals surface area contributed by atoms with Gasteiger partial charge in [0.1, 0.15) is 11.9 Å². The van der Waals surface area contributed by atoms with Gasteiger partial charge in [-0.2, -0.15) is 0 Å². The van der Waals surface area contributed by atoms with Crippen LogP contribution < -0.4 is 0 Å². The Morgan fingerprint density at radius 2 is 2.05 bits per heavy atom. The van der Waals surface area contributed by atoms with E-state index >= 15 is 0 Å². The molecule has 0 saturated heterocycles. The zero-order valence-corrected chi connectivity index (χ0v) is 11.9. The standard InChI is InChI=1S/C15H18N2O3/c1-4-12(15(19)20)17-9(3)16-11-8-10(14(18)5-2)6-7-13(11)17/h6-8,12H,4-5H2,1-3H3,(H,19,20). The minimum atomic E-state index is -0.872. The van der Waals surface area contributed by atoms with Gasteiger partial charge in [0.15, 0.2) is 5.78 Å². The van der Waals surface area contributed by atoms with Crippen LogP contribution in [0, 0.1) is 6.92 Å². The van der Waals surface area contributed by atoms with E-state index in [1.54, 1.807) is 29.7 Å². The summed E-state index contributed by atoms with van der Waals surface area (Å²) in [7, 11) is 0. The Kier molecular flexibility index (Phi) is 3.88. The summed E-state index contributed by atoms with van der Waals surface area (Å²) < 4.78 is 1.72. The summed E-state index contributed by atoms with van der Waals surface area (Å²) in [6, 6.07) is 4.62. The molecular weight excluding hydrogens is 256 g/mol. The van der Waals surface area contributed by atoms with Crippen LogP contribution >= 0.6 is 0 Å². The molecule has 20 heavy (non-hydrogen) atoms. The fourth-order valence-electron chi connectivity index (χ4n) is 2.46. The van der Waals surface area contributed by atoms with E-state index in [1.165, 1.54) is 0 Å². The molecule has 0 radical (unpaired) electrons. The lowest BCUT2D eigenvalue weighted by Gasteiger charge is -2.14. The number of carboxylic acid groups (broad SMARTS) is 1. The van der Waals surface area contributed by atoms with Gasteiger partial charge in [-0.15, -0.1) is 0 Å². The van der Waals surface area contributed by atoms with E-state index in [4.69, 9.17) is 0 Å². The van der Waals surface area contributed by atoms with Gasteiger partial charge in [-0.25, -0.2) is 9.78 Å². The molecule has 0 aliphatic rings. The summed E-state index contributed by atoms with van der Waals surface area (Å²) in [5, 5.41) is 9.31. The molecule has 2 rings (SSSR count). The predicted octanol–water partition coefficient (Wildman–Crippen LogP) is 2.97. The second-order valence-electron chi connectivity index (χ2n) is 4.77. The number of hydrogen-bond acceptors (Lipinski definition) is 3. The molecule has 106 valence electrons. The van der Waals surface area contributed by atoms with Gasteiger partial charge in [-0.05, 0) is 31.5 Å². The SMILES string of the molecule is CCC(=O)c1ccc2c(c1)nc(C)n2C(CC)C(=O)O. The van der Waals surface area contributed by atoms with Crippen LogP contribution in [-0.4, -0.2) is 26.4 Å². The number of aryl methyl sites for hydroxylation is 1. The molecule has 0 spiro atoms. The molecule has 0 aliphatic carbocycles. The van der Waals surface area contributed by atoms with Crippen LogP contribution in [0.1, 0.15) is 48.9 Å². The van der Waals surface area contributed by atoms with Gasteiger partial charge in [0, 0.05) is 12.0 Å². The first-order valence-electron chi connectivity index (χ1n) is 6.74. The molecule has 1 N–H and O–H groups in total. The van der Waals surface area contributed by atoms with E-state index in [9.17, 15) is 14.7 Å². The van der Waals surface area contributed by atoms with Gasteiger partial charge < -0.3 is 9.67 Å². The Labute approximate surface area is 117 Å². The van der Waals surface area contributed by atoms with Crippen molar-refractivity contribution in [2.24, 2.45) is 0 Å². The van der Waals surface area contributed by atoms with Crippen LogP contribution in [-0.2, 0) is 4.79 Å². The lowest BCUT2D eigenvalue weighted by Crippen LogP contribution is -2.19. The molecule has 0 amide bonds. The fraction of sp³-hybridized carbons (Fsp3) is 0.400. The average molecular weight is 274 g/mol. The van der Waals surface area contributed by atoms with Crippen LogP contribution in [0.5, 0.6) is 0 Å². The number of benzene rings is 1. The number of aliphatic carboxylic acids is 1. The predicted molar refractivity (Wildman–Crippen MR) is 76.1 cm³/mol. The number of nitrogens with zero attached hydrogens (tertiary/aromatic N) is 2. The third-order valence-electron chi connectivity index (χ3n) is 3.49. The molecule has 1 heterocycles. The van der Waals surface area contributed by atoms with Crippen LogP contribution in [0.3, 0.4) is 0 Å². The first-order valence-corrected chi connectivity index (χ1v) is 6.74. The number of rotatable bonds is 5. The Morgan fingerprint density at radius 3 is 2.60 bits per heavy atom. The monoisotopic (exact) mass is 274 g/mol. The van der Waals surface area contributed by atoms with Crippen LogP contribution in [0.2, 0.25) is 0 Å². The highest BCUT2D eigenvalue weighted by atomic mass is 16.4. The molecule has 0 bridgehead atoms. The zero-order chi connectivity index (χ0) is 14.9. The maximum atomic E-state index is 11.7. The summed E-state index contributed by atoms with van der Waals surface area (Å²) in [6.45, 7) is 5.43. The van der Waals surface area contributed by atoms with Crippen molar-refractivity contribution in [1.29, 1.82) is 0 Å². The number of imidazole rings is 1. The summed E-state index contributed by atoms with van der Waals surface area (Å²) in [4.78, 5) is 27.5. The number of hydrogen-bond donors (Lipinski definition) is 1. The van der Waals surface area contributed by atoms with Gasteiger partial charge in [-0.3, -0.25) is 4.79 Å². The Bertz CT molecular complexity index is 673. The highest BCUT2D eigenvalue weighted by Crippen LogP contribution is 2.24. The van der Waals surface area contributed by atoms with Crippen molar-refractivity contribution in [2.75, 3.05) is 0 Å². The molecule has 0 saturated carbocycles. The van der Waals surface area contributed by atoms with E-state index in [-0.39, 0.29) is 5.78 Å². The normalized spacial score (nSPS) is 12.6. The van der Waals surface area contributed by atoms with Gasteiger partial charge in [0.25, 0.3) is 0 Å². The van der Waals surface area contributed by atoms with Gasteiger partial charge >= 0.3 is 5.97 Å². The first kappa shape index (κ1) is 14.2. The van der Waals surface area contributed by atoms with Crippen LogP contribution in [0.25, 0.3) is 11.0 Å². The molecule has 2 aromatic rings. The highest BCUT2D eigenvalue weighted by molar-refractivity contribution is 5.98. The molecule has 5 heteroatoms. The van der Waals surface area contributed by atoms with E-state index in [0.29, 0.717) is 29.7 Å². The summed E-state index contributed by atoms with van der Waals surface area (Å²) in [5.41, 5.74) is 2.04. The minimum Gasteiger partial charge on any atom is -0.480 e. The Balaban J connectivity index is 2.60. The van der Waals surface area contributed by atoms with Crippen molar-refractivity contribution in [3.8, 4) is 0 Å². The topological polar surface area (TPSA) is 72.2 Å². The van der Waals surface area contributed by atoms with E-state index in [0.717, 1.165) is 5.52 Å². The molecule has 1 atom stereocenters. The second kappa shape index (κ2) is 5.45. The maximum Gasteiger partial charge on any atom is 0.326 e. The lowest BCUT2D eigenvalue weighted by molar-refractivity contribution is -0.140. The van der Waals surface area contributed by atoms with Gasteiger partial charge in [0.2, 0.25) is 0 Å². The molecule has 1 aromatic carbocycles. The third-order valence-corrected chi connectivity index (χ3v) is 3.49. The van der Waals surface area contributed by atoms with Crippen molar-refractivity contribution >= 4 is 22.8 Å². The number of Topliss-reactive ketones (excluding diaryl/α,β-unsaturated/α-hetero) is 1. The number of ketones is 1. The summed E-state index contributed by atoms with van der Waals surface area (Å²) in [6.07, 6.45) is 0.926. The van der Waals surface area contributed by atoms with Crippen LogP contribution in [0.4, 0.5) is 0 Å². The molecular formula is C15H18N2O3. The van der Waals surface area contributed by atoms with Crippen molar-refractivity contribution < 1.29 is 14.7 Å². The smallest absolute Gasteiger partial charge is 0.326 e. The van der Waals surface area contributed by atoms with Gasteiger partial charge in [-0.1, -0.05) is 13.8 Å². The largest absolute Gasteiger partial charge is 0.480 e. The minimum absolute atomic E-state index is 0.0596. The number of carbonyl (C=O) groups is 2. The summed E-state index contributed by atoms with van der Waals surface area (Å²) >= 11 is 0. The van der Waals surface area contributed by atoms with E-state index < -0.39 is 12.0 Å². The van der Waals surface area contributed by atoms with E-state index in [2.05, 4.69) is 4.98 Å². The quantitative estimate of drug-likeness (QED) is 0.851. The highest BCUT2D eigenvalue weighted by Gasteiger charge is 2.22. The number of aromatic nitrogens is 2. The Morgan fingerprint density at radius 1 is 1.35 bits per heavy atom. The fourth-order valence-corrected chi connectivity index (χ4v) is 2.46. The van der Waals surface area contributed by atoms with Crippen LogP contribution in [0.15, 0.2) is 18.2 Å². The van der Waals surface area contributed by atoms with E-state index in [1.807, 2.05) is 13.8 Å². The lowest BCUT2D eigenvalue weighted by atomic mass is 10.1. The average Bonchev–Trinajstić information content (AvgIpc) is 2.74. The molecule has 1 aromatic heterocycles. The van der Waals surface area contributed by atoms with Crippen molar-refractivity contribution in [3.05, 3.63) is 29.6 Å². The zero-order valence-electron chi connectivity index (χ0n) is 11.9. The first-order chi connectivity index (χ1) is 9.49. The third kappa shape index (κ3) is 2.31. The number of fused-ring (bicyclic) bond motifs is 1. The molecule has 5 nitrogen and oxygen atoms in total. The van der Waals surface area contributed by atoms with Crippen molar-refractivity contribution in [1.82, 2.24) is 9.55 Å². The molecule has 0 aliphatic heterocycles. The summed E-state index contributed by atoms with van der Waals surface area (Å²) in [5.74, 6) is -0.164. The molecule has 1 unspecified atom stereocenters. The molecule has 0 fully saturated rings.